The number of oxazole rings is 1. The predicted octanol–water partition coefficient (Wildman–Crippen LogP) is 13.2. The molecule has 0 radical (unpaired) electrons. The van der Waals surface area contributed by atoms with Crippen LogP contribution in [0.15, 0.2) is 212 Å². The molecule has 4 aromatic carbocycles. The highest BCUT2D eigenvalue weighted by Gasteiger charge is 2.33. The van der Waals surface area contributed by atoms with Gasteiger partial charge in [-0.05, 0) is 126 Å². The fourth-order valence-corrected chi connectivity index (χ4v) is 15.7. The van der Waals surface area contributed by atoms with E-state index in [2.05, 4.69) is 75.8 Å². The molecule has 0 bridgehead atoms. The van der Waals surface area contributed by atoms with Gasteiger partial charge in [0, 0.05) is 106 Å². The second-order valence-corrected chi connectivity index (χ2v) is 32.3. The summed E-state index contributed by atoms with van der Waals surface area (Å²) in [6, 6.07) is 55.4. The number of benzene rings is 4. The molecule has 38 heteroatoms. The molecule has 0 spiro atoms. The van der Waals surface area contributed by atoms with Gasteiger partial charge in [0.1, 0.15) is 83.7 Å². The van der Waals surface area contributed by atoms with E-state index in [0.29, 0.717) is 201 Å². The van der Waals surface area contributed by atoms with Gasteiger partial charge in [0.05, 0.1) is 82.9 Å². The van der Waals surface area contributed by atoms with Crippen molar-refractivity contribution in [2.45, 2.75) is 94.7 Å². The van der Waals surface area contributed by atoms with Crippen molar-refractivity contribution in [3.63, 3.8) is 0 Å². The Morgan fingerprint density at radius 3 is 0.985 bits per heavy atom. The fourth-order valence-electron chi connectivity index (χ4n) is 15.7. The maximum absolute atomic E-state index is 13.7. The number of piperazine rings is 3. The van der Waals surface area contributed by atoms with Gasteiger partial charge in [-0.3, -0.25) is 52.9 Å². The first kappa shape index (κ1) is 89.0. The van der Waals surface area contributed by atoms with E-state index in [9.17, 15) is 36.7 Å². The van der Waals surface area contributed by atoms with Gasteiger partial charge in [-0.25, -0.2) is 27.5 Å². The predicted molar refractivity (Wildman–Crippen MR) is 481 cm³/mol. The second-order valence-electron chi connectivity index (χ2n) is 32.3. The maximum atomic E-state index is 13.7. The molecule has 4 aliphatic heterocycles. The summed E-state index contributed by atoms with van der Waals surface area (Å²) in [5.74, 6) is 1.82. The molecule has 3 fully saturated rings. The molecule has 12 aromatic heterocycles. The molecule has 0 aliphatic carbocycles. The van der Waals surface area contributed by atoms with E-state index in [1.165, 1.54) is 24.7 Å². The third kappa shape index (κ3) is 20.8. The van der Waals surface area contributed by atoms with Crippen LogP contribution in [0.3, 0.4) is 0 Å². The summed E-state index contributed by atoms with van der Waals surface area (Å²) < 4.78 is 83.2. The number of carbonyl (C=O) groups excluding carboxylic acids is 4. The van der Waals surface area contributed by atoms with Crippen molar-refractivity contribution in [2.24, 2.45) is 0 Å². The maximum Gasteiger partial charge on any atom is 0.318 e. The number of fused-ring (bicyclic) bond motifs is 1. The minimum absolute atomic E-state index is 0.0287. The lowest BCUT2D eigenvalue weighted by molar-refractivity contribution is -0.133. The van der Waals surface area contributed by atoms with Crippen LogP contribution in [-0.2, 0) is 58.4 Å². The van der Waals surface area contributed by atoms with Crippen LogP contribution in [0.2, 0.25) is 0 Å². The molecule has 0 saturated carbocycles. The topological polar surface area (TPSA) is 357 Å². The van der Waals surface area contributed by atoms with Crippen molar-refractivity contribution < 1.29 is 54.5 Å². The van der Waals surface area contributed by atoms with Gasteiger partial charge in [0.2, 0.25) is 41.3 Å². The van der Waals surface area contributed by atoms with E-state index in [-0.39, 0.29) is 73.1 Å². The van der Waals surface area contributed by atoms with E-state index < -0.39 is 0 Å². The number of rotatable bonds is 19. The van der Waals surface area contributed by atoms with E-state index in [4.69, 9.17) is 17.8 Å². The number of carbonyl (C=O) groups is 4. The zero-order valence-electron chi connectivity index (χ0n) is 74.1. The lowest BCUT2D eigenvalue weighted by atomic mass is 10.1. The van der Waals surface area contributed by atoms with Gasteiger partial charge in [-0.15, -0.1) is 10.2 Å². The van der Waals surface area contributed by atoms with Gasteiger partial charge in [0.15, 0.2) is 5.89 Å². The Bertz CT molecular complexity index is 6320. The van der Waals surface area contributed by atoms with Gasteiger partial charge in [-0.2, -0.15) is 25.4 Å². The van der Waals surface area contributed by atoms with Crippen LogP contribution in [0.5, 0.6) is 0 Å². The monoisotopic (exact) mass is 1800 g/mol. The molecule has 4 aliphatic rings. The Hall–Kier alpha value is -16.1. The first-order chi connectivity index (χ1) is 64.4. The van der Waals surface area contributed by atoms with Crippen LogP contribution in [-0.4, -0.2) is 216 Å². The molecule has 0 atom stereocenters. The number of hydrogen-bond donors (Lipinski definition) is 0. The summed E-state index contributed by atoms with van der Waals surface area (Å²) in [4.78, 5) is 91.2. The Balaban J connectivity index is 0.000000124. The van der Waals surface area contributed by atoms with Crippen LogP contribution >= 0.6 is 0 Å². The van der Waals surface area contributed by atoms with Crippen molar-refractivity contribution in [3.8, 4) is 90.6 Å². The molecular weight excluding hydrogens is 1710 g/mol. The third-order valence-electron chi connectivity index (χ3n) is 22.9. The highest BCUT2D eigenvalue weighted by Crippen LogP contribution is 2.34. The Morgan fingerprint density at radius 1 is 0.323 bits per heavy atom. The van der Waals surface area contributed by atoms with Gasteiger partial charge in [-0.1, -0.05) is 132 Å². The Morgan fingerprint density at radius 2 is 0.669 bits per heavy atom. The van der Waals surface area contributed by atoms with E-state index in [1.54, 1.807) is 103 Å². The molecule has 678 valence electrons. The molecule has 34 nitrogen and oxygen atoms in total. The molecule has 133 heavy (non-hydrogen) atoms. The molecule has 0 unspecified atom stereocenters. The molecule has 16 heterocycles. The van der Waals surface area contributed by atoms with Crippen molar-refractivity contribution in [3.05, 3.63) is 275 Å². The van der Waals surface area contributed by atoms with Crippen LogP contribution < -0.4 is 14.7 Å². The average molecular weight is 1800 g/mol. The van der Waals surface area contributed by atoms with Gasteiger partial charge in [0.25, 0.3) is 5.95 Å². The molecule has 0 N–H and O–H groups in total. The summed E-state index contributed by atoms with van der Waals surface area (Å²) in [5, 5.41) is 38.5. The standard InChI is InChI=1S/3C24H24FN7O2.C23H20FN5O2/c1-16-12-20(26-14-19(16)25)21-13-22(18-6-4-3-5-7-18)32(29-21)15-23(33)30-8-10-31(11-9-30)24-28-27-17(2)34-24;1-16-12-20(26-14-19(16)25)21-13-22(18-6-4-3-5-7-18)32(28-21)15-23(33)30-8-10-31(11-9-30)24-27-17(2)34-29-24;1-16-19(25)8-9-20(26-16)21-14-22(18-6-4-3-5-7-18)32(29-21)15-23(33)30-10-12-31(13-11-30)24-28-27-17(2)34-24;1-14-8-18(25-10-17(14)24)19-9-21(16-6-4-3-5-7-16)29(27-19)13-23(30)28-11-20-22(12-28)31-15(2)26-20/h2*3-7,12-14H,8-11,15H2,1-2H3;3-9,14H,10-13,15H2,1-2H3;3-10H,11-13H2,1-2H3. The van der Waals surface area contributed by atoms with Crippen molar-refractivity contribution in [1.29, 1.82) is 0 Å². The SMILES string of the molecule is Cc1nc(N2CCN(C(=O)Cn3nc(-c4cc(C)c(F)cn4)cc3-c3ccccc3)CC2)no1.Cc1nc2c(o1)CN(C(=O)Cn1nc(-c3cc(C)c(F)cn3)cc1-c1ccccc1)C2.Cc1nnc(N2CCN(C(=O)Cn3nc(-c4cc(C)c(F)cn4)cc3-c3ccccc3)CC2)o1.Cc1nnc(N2CCN(C(=O)Cn3nc(-c4ccc(F)c(C)n4)cc3-c3ccccc3)CC2)o1. The zero-order valence-corrected chi connectivity index (χ0v) is 74.1. The summed E-state index contributed by atoms with van der Waals surface area (Å²) in [6.07, 6.45) is 3.58. The van der Waals surface area contributed by atoms with Crippen molar-refractivity contribution >= 4 is 41.6 Å². The van der Waals surface area contributed by atoms with Crippen LogP contribution in [0, 0.1) is 78.7 Å². The lowest BCUT2D eigenvalue weighted by Crippen LogP contribution is -2.50. The Labute approximate surface area is 760 Å². The normalized spacial score (nSPS) is 13.7. The zero-order chi connectivity index (χ0) is 92.5. The van der Waals surface area contributed by atoms with Gasteiger partial charge < -0.3 is 52.1 Å². The minimum atomic E-state index is -0.365. The number of aryl methyl sites for hydroxylation is 8. The highest BCUT2D eigenvalue weighted by atomic mass is 19.1. The molecule has 4 amide bonds. The van der Waals surface area contributed by atoms with Crippen LogP contribution in [0.4, 0.5) is 35.5 Å². The summed E-state index contributed by atoms with van der Waals surface area (Å²) in [6.45, 7) is 21.9. The quantitative estimate of drug-likeness (QED) is 0.0679. The number of anilines is 3. The number of pyridine rings is 4. The fraction of sp³-hybridized carbons (Fsp3) is 0.274. The Kier molecular flexibility index (Phi) is 26.4. The number of aromatic nitrogens is 19. The first-order valence-electron chi connectivity index (χ1n) is 43.2. The molecule has 20 rings (SSSR count). The smallest absolute Gasteiger partial charge is 0.318 e. The molecule has 3 saturated heterocycles. The molecule has 16 aromatic rings. The van der Waals surface area contributed by atoms with Crippen molar-refractivity contribution in [2.75, 3.05) is 93.2 Å². The summed E-state index contributed by atoms with van der Waals surface area (Å²) in [7, 11) is 0. The average Bonchev–Trinajstić information content (AvgIpc) is 1.66. The summed E-state index contributed by atoms with van der Waals surface area (Å²) in [5.41, 5.74) is 14.1. The van der Waals surface area contributed by atoms with Crippen LogP contribution in [0.25, 0.3) is 90.6 Å². The number of amides is 4. The van der Waals surface area contributed by atoms with E-state index in [1.807, 2.05) is 175 Å². The second kappa shape index (κ2) is 39.5. The lowest BCUT2D eigenvalue weighted by Gasteiger charge is -2.34. The van der Waals surface area contributed by atoms with Gasteiger partial charge >= 0.3 is 12.0 Å². The van der Waals surface area contributed by atoms with Crippen LogP contribution in [0.1, 0.15) is 57.4 Å². The van der Waals surface area contributed by atoms with Crippen molar-refractivity contribution in [1.82, 2.24) is 114 Å². The van der Waals surface area contributed by atoms with E-state index >= 15 is 0 Å². The number of hydrogen-bond acceptors (Lipinski definition) is 26. The first-order valence-corrected chi connectivity index (χ1v) is 43.2. The van der Waals surface area contributed by atoms with E-state index in [0.717, 1.165) is 56.5 Å². The molecular formula is C95H92F4N26O8. The number of nitrogens with zero attached hydrogens (tertiary/aromatic N) is 26. The third-order valence-corrected chi connectivity index (χ3v) is 22.9. The minimum Gasteiger partial charge on any atom is -0.444 e. The summed E-state index contributed by atoms with van der Waals surface area (Å²) >= 11 is 0. The number of halogens is 4. The highest BCUT2D eigenvalue weighted by molar-refractivity contribution is 5.81. The largest absolute Gasteiger partial charge is 0.444 e.